The molecule has 0 aliphatic heterocycles. The van der Waals surface area contributed by atoms with Crippen molar-refractivity contribution >= 4 is 16.5 Å². The molecule has 2 unspecified atom stereocenters. The normalized spacial score (nSPS) is 13.8. The second-order valence-electron chi connectivity index (χ2n) is 9.36. The number of anilines is 1. The summed E-state index contributed by atoms with van der Waals surface area (Å²) < 4.78 is 94.4. The van der Waals surface area contributed by atoms with Crippen molar-refractivity contribution in [2.75, 3.05) is 5.32 Å². The molecular weight excluding hydrogens is 549 g/mol. The monoisotopic (exact) mass is 570 g/mol. The average Bonchev–Trinajstić information content (AvgIpc) is 2.84. The maximum absolute atomic E-state index is 14.9. The fourth-order valence-corrected chi connectivity index (χ4v) is 4.36. The van der Waals surface area contributed by atoms with Crippen molar-refractivity contribution in [3.63, 3.8) is 0 Å². The fraction of sp³-hybridized carbons (Fsp3) is 0.320. The number of hydrogen-bond acceptors (Lipinski definition) is 6. The number of fused-ring (bicyclic) bond motifs is 1. The number of nitrogens with one attached hydrogen (secondary N) is 2. The molecule has 40 heavy (non-hydrogen) atoms. The first-order valence-corrected chi connectivity index (χ1v) is 11.8. The number of halogens is 7. The zero-order valence-electron chi connectivity index (χ0n) is 20.9. The van der Waals surface area contributed by atoms with Gasteiger partial charge in [-0.2, -0.15) is 31.4 Å². The molecule has 0 aliphatic rings. The maximum Gasteiger partial charge on any atom is 0.423 e. The van der Waals surface area contributed by atoms with Gasteiger partial charge in [-0.3, -0.25) is 9.59 Å². The topological polar surface area (TPSA) is 106 Å². The van der Waals surface area contributed by atoms with Crippen molar-refractivity contribution < 1.29 is 30.7 Å². The molecule has 4 aromatic rings. The zero-order chi connectivity index (χ0) is 29.4. The van der Waals surface area contributed by atoms with Crippen LogP contribution in [0, 0.1) is 11.7 Å². The number of rotatable bonds is 7. The number of aromatic amines is 1. The second-order valence-corrected chi connectivity index (χ2v) is 9.36. The van der Waals surface area contributed by atoms with E-state index in [-0.39, 0.29) is 29.2 Å². The summed E-state index contributed by atoms with van der Waals surface area (Å²) in [6.07, 6.45) is -5.84. The van der Waals surface area contributed by atoms with Crippen LogP contribution >= 0.6 is 0 Å². The Morgan fingerprint density at radius 2 is 1.68 bits per heavy atom. The number of alkyl halides is 6. The number of H-pyrrole nitrogens is 1. The Kier molecular flexibility index (Phi) is 7.67. The van der Waals surface area contributed by atoms with Crippen molar-refractivity contribution in [2.24, 2.45) is 5.92 Å². The number of aromatic nitrogens is 5. The number of nitrogens with zero attached hydrogens (tertiary/aromatic N) is 4. The molecule has 15 heteroatoms. The first-order chi connectivity index (χ1) is 18.6. The largest absolute Gasteiger partial charge is 0.423 e. The summed E-state index contributed by atoms with van der Waals surface area (Å²) in [5.41, 5.74) is -5.05. The van der Waals surface area contributed by atoms with E-state index in [0.717, 1.165) is 12.3 Å². The SMILES string of the molecule is CC(CC(C)Nc1cn[nH]c(=O)c1C(F)(F)F)Cn1ccc2cc(-c3ncc(C(F)(F)F)cn3)c(F)cc2c1=O. The molecule has 0 bridgehead atoms. The molecule has 0 saturated heterocycles. The molecule has 8 nitrogen and oxygen atoms in total. The summed E-state index contributed by atoms with van der Waals surface area (Å²) in [5.74, 6) is -1.43. The van der Waals surface area contributed by atoms with E-state index in [1.807, 2.05) is 0 Å². The second kappa shape index (κ2) is 10.7. The number of pyridine rings is 1. The van der Waals surface area contributed by atoms with Gasteiger partial charge in [-0.05, 0) is 42.8 Å². The molecule has 0 aliphatic carbocycles. The van der Waals surface area contributed by atoms with Crippen LogP contribution in [0.25, 0.3) is 22.2 Å². The van der Waals surface area contributed by atoms with E-state index in [9.17, 15) is 40.3 Å². The van der Waals surface area contributed by atoms with Gasteiger partial charge in [0.05, 0.1) is 28.4 Å². The van der Waals surface area contributed by atoms with Crippen LogP contribution in [0.3, 0.4) is 0 Å². The highest BCUT2D eigenvalue weighted by Crippen LogP contribution is 2.32. The molecule has 0 saturated carbocycles. The Morgan fingerprint density at radius 1 is 1.00 bits per heavy atom. The molecule has 3 aromatic heterocycles. The van der Waals surface area contributed by atoms with Crippen LogP contribution in [0.2, 0.25) is 0 Å². The molecule has 0 amide bonds. The van der Waals surface area contributed by atoms with Gasteiger partial charge in [0.25, 0.3) is 11.1 Å². The van der Waals surface area contributed by atoms with Gasteiger partial charge >= 0.3 is 12.4 Å². The van der Waals surface area contributed by atoms with Gasteiger partial charge in [0.1, 0.15) is 11.4 Å². The van der Waals surface area contributed by atoms with Gasteiger partial charge in [0.15, 0.2) is 5.82 Å². The lowest BCUT2D eigenvalue weighted by Gasteiger charge is -2.22. The molecule has 0 fully saturated rings. The third kappa shape index (κ3) is 6.13. The van der Waals surface area contributed by atoms with Gasteiger partial charge in [-0.15, -0.1) is 0 Å². The lowest BCUT2D eigenvalue weighted by molar-refractivity contribution is -0.139. The molecule has 0 spiro atoms. The standard InChI is InChI=1S/C25H21F7N6O2/c1-12(5-13(2)36-19-10-35-37-22(39)20(19)25(30,31)32)11-38-4-3-14-6-17(18(26)7-16(14)23(38)40)21-33-8-15(9-34-21)24(27,28)29/h3-4,6-10,12-13H,5,11H2,1-2H3,(H2,36,37,39). The third-order valence-electron chi connectivity index (χ3n) is 6.09. The highest BCUT2D eigenvalue weighted by Gasteiger charge is 2.37. The van der Waals surface area contributed by atoms with Crippen LogP contribution in [0.4, 0.5) is 36.4 Å². The Balaban J connectivity index is 1.51. The van der Waals surface area contributed by atoms with E-state index in [1.165, 1.54) is 22.9 Å². The third-order valence-corrected chi connectivity index (χ3v) is 6.09. The van der Waals surface area contributed by atoms with Crippen molar-refractivity contribution in [2.45, 2.75) is 45.2 Å². The summed E-state index contributed by atoms with van der Waals surface area (Å²) in [7, 11) is 0. The molecule has 4 rings (SSSR count). The molecule has 1 aromatic carbocycles. The highest BCUT2D eigenvalue weighted by atomic mass is 19.4. The first kappa shape index (κ1) is 28.7. The van der Waals surface area contributed by atoms with Crippen molar-refractivity contribution in [1.29, 1.82) is 0 Å². The minimum absolute atomic E-state index is 0.0124. The Labute approximate surface area is 220 Å². The van der Waals surface area contributed by atoms with Gasteiger partial charge in [0.2, 0.25) is 0 Å². The predicted molar refractivity (Wildman–Crippen MR) is 131 cm³/mol. The van der Waals surface area contributed by atoms with Crippen molar-refractivity contribution in [3.05, 3.63) is 80.6 Å². The summed E-state index contributed by atoms with van der Waals surface area (Å²) in [6.45, 7) is 3.52. The summed E-state index contributed by atoms with van der Waals surface area (Å²) in [4.78, 5) is 31.9. The van der Waals surface area contributed by atoms with Gasteiger partial charge in [-0.25, -0.2) is 19.5 Å². The molecule has 2 atom stereocenters. The van der Waals surface area contributed by atoms with Crippen LogP contribution in [0.5, 0.6) is 0 Å². The predicted octanol–water partition coefficient (Wildman–Crippen LogP) is 5.25. The van der Waals surface area contributed by atoms with Crippen LogP contribution in [0.1, 0.15) is 31.4 Å². The summed E-state index contributed by atoms with van der Waals surface area (Å²) >= 11 is 0. The van der Waals surface area contributed by atoms with Crippen LogP contribution in [-0.2, 0) is 18.9 Å². The average molecular weight is 570 g/mol. The fourth-order valence-electron chi connectivity index (χ4n) is 4.36. The Morgan fingerprint density at radius 3 is 2.30 bits per heavy atom. The summed E-state index contributed by atoms with van der Waals surface area (Å²) in [5, 5.41) is 8.15. The zero-order valence-corrected chi connectivity index (χ0v) is 20.9. The molecule has 2 N–H and O–H groups in total. The number of hydrogen-bond donors (Lipinski definition) is 2. The highest BCUT2D eigenvalue weighted by molar-refractivity contribution is 5.86. The number of benzene rings is 1. The van der Waals surface area contributed by atoms with Crippen LogP contribution in [-0.4, -0.2) is 30.8 Å². The van der Waals surface area contributed by atoms with E-state index < -0.39 is 52.1 Å². The van der Waals surface area contributed by atoms with Gasteiger partial charge in [-0.1, -0.05) is 6.92 Å². The molecule has 212 valence electrons. The minimum atomic E-state index is -4.89. The lowest BCUT2D eigenvalue weighted by atomic mass is 10.0. The Bertz CT molecular complexity index is 1650. The smallest absolute Gasteiger partial charge is 0.381 e. The Hall–Kier alpha value is -4.30. The van der Waals surface area contributed by atoms with Crippen LogP contribution < -0.4 is 16.4 Å². The van der Waals surface area contributed by atoms with Crippen molar-refractivity contribution in [1.82, 2.24) is 24.7 Å². The van der Waals surface area contributed by atoms with Gasteiger partial charge in [0, 0.05) is 31.2 Å². The van der Waals surface area contributed by atoms with Crippen LogP contribution in [0.15, 0.2) is 52.6 Å². The van der Waals surface area contributed by atoms with E-state index >= 15 is 0 Å². The molecule has 3 heterocycles. The molecular formula is C25H21F7N6O2. The first-order valence-electron chi connectivity index (χ1n) is 11.8. The summed E-state index contributed by atoms with van der Waals surface area (Å²) in [6, 6.07) is 3.20. The molecule has 0 radical (unpaired) electrons. The van der Waals surface area contributed by atoms with E-state index in [4.69, 9.17) is 0 Å². The minimum Gasteiger partial charge on any atom is -0.381 e. The maximum atomic E-state index is 14.9. The van der Waals surface area contributed by atoms with Gasteiger partial charge < -0.3 is 9.88 Å². The lowest BCUT2D eigenvalue weighted by Crippen LogP contribution is -2.29. The van der Waals surface area contributed by atoms with E-state index in [1.54, 1.807) is 18.9 Å². The van der Waals surface area contributed by atoms with E-state index in [0.29, 0.717) is 24.2 Å². The quantitative estimate of drug-likeness (QED) is 0.295. The van der Waals surface area contributed by atoms with E-state index in [2.05, 4.69) is 20.4 Å². The van der Waals surface area contributed by atoms with Crippen molar-refractivity contribution in [3.8, 4) is 11.4 Å².